The van der Waals surface area contributed by atoms with E-state index in [1.165, 1.54) is 0 Å². The van der Waals surface area contributed by atoms with Crippen molar-refractivity contribution in [3.05, 3.63) is 72.8 Å². The van der Waals surface area contributed by atoms with Crippen LogP contribution in [-0.4, -0.2) is 80.1 Å². The molecule has 5 rings (SSSR count). The Morgan fingerprint density at radius 3 is 1.74 bits per heavy atom. The zero-order valence-electron chi connectivity index (χ0n) is 28.8. The minimum Gasteiger partial charge on any atom is -0.744 e. The third-order valence-electron chi connectivity index (χ3n) is 6.83. The number of anilines is 4. The second-order valence-corrected chi connectivity index (χ2v) is 15.3. The topological polar surface area (TPSA) is 279 Å². The first-order chi connectivity index (χ1) is 23.1. The Morgan fingerprint density at radius 2 is 1.22 bits per heavy atom. The monoisotopic (exact) mass is 831 g/mol. The van der Waals surface area contributed by atoms with Crippen LogP contribution in [0.1, 0.15) is 7.43 Å². The first-order valence-corrected chi connectivity index (χ1v) is 17.9. The maximum atomic E-state index is 14.4. The van der Waals surface area contributed by atoms with Crippen LogP contribution in [0.25, 0.3) is 10.8 Å². The Bertz CT molecular complexity index is 2550. The van der Waals surface area contributed by atoms with Crippen molar-refractivity contribution in [3.63, 3.8) is 0 Å². The number of quaternary nitrogens is 1. The second kappa shape index (κ2) is 18.8. The predicted octanol–water partition coefficient (Wildman–Crippen LogP) is -4.67. The van der Waals surface area contributed by atoms with E-state index in [1.807, 2.05) is 33.3 Å². The van der Waals surface area contributed by atoms with Gasteiger partial charge in [-0.25, -0.2) is 25.3 Å². The zero-order valence-corrected chi connectivity index (χ0v) is 37.2. The Morgan fingerprint density at radius 1 is 0.685 bits per heavy atom. The third kappa shape index (κ3) is 12.1. The summed E-state index contributed by atoms with van der Waals surface area (Å²) in [7, 11) is -9.80. The van der Waals surface area contributed by atoms with E-state index >= 15 is 0 Å². The molecular weight excluding hydrogens is 805 g/mol. The molecule has 54 heavy (non-hydrogen) atoms. The fourth-order valence-corrected chi connectivity index (χ4v) is 6.18. The summed E-state index contributed by atoms with van der Waals surface area (Å²) in [5.41, 5.74) is -0.0139. The largest absolute Gasteiger partial charge is 1.00 e. The van der Waals surface area contributed by atoms with Gasteiger partial charge in [-0.2, -0.15) is 19.3 Å². The van der Waals surface area contributed by atoms with Crippen LogP contribution < -0.4 is 104 Å². The number of azo groups is 1. The first-order valence-electron chi connectivity index (χ1n) is 13.7. The van der Waals surface area contributed by atoms with E-state index in [0.717, 1.165) is 42.1 Å². The van der Waals surface area contributed by atoms with Gasteiger partial charge in [-0.3, -0.25) is 4.48 Å². The molecule has 1 aromatic heterocycles. The van der Waals surface area contributed by atoms with Crippen LogP contribution in [0.4, 0.5) is 44.7 Å². The van der Waals surface area contributed by atoms with Crippen molar-refractivity contribution in [2.45, 2.75) is 22.1 Å². The van der Waals surface area contributed by atoms with Gasteiger partial charge in [0.1, 0.15) is 47.4 Å². The van der Waals surface area contributed by atoms with Gasteiger partial charge in [0.15, 0.2) is 5.75 Å². The molecule has 4 aromatic carbocycles. The van der Waals surface area contributed by atoms with Gasteiger partial charge in [-0.1, -0.05) is 13.5 Å². The number of fused-ring (bicyclic) bond motifs is 1. The van der Waals surface area contributed by atoms with Crippen LogP contribution in [0.3, 0.4) is 0 Å². The number of hydrogen-bond acceptors (Lipinski definition) is 17. The normalized spacial score (nSPS) is 11.8. The van der Waals surface area contributed by atoms with E-state index in [2.05, 4.69) is 35.8 Å². The molecule has 0 saturated carbocycles. The smallest absolute Gasteiger partial charge is 0.744 e. The summed E-state index contributed by atoms with van der Waals surface area (Å²) in [5, 5.41) is 22.9. The van der Waals surface area contributed by atoms with Crippen molar-refractivity contribution in [1.29, 1.82) is 0 Å². The molecule has 3 N–H and O–H groups in total. The number of phenolic OH excluding ortho intramolecular Hbond substituents is 1. The van der Waals surface area contributed by atoms with Crippen molar-refractivity contribution in [3.8, 4) is 5.75 Å². The van der Waals surface area contributed by atoms with Crippen LogP contribution in [0, 0.1) is 6.08 Å². The maximum absolute atomic E-state index is 14.4. The first kappa shape index (κ1) is 49.8. The van der Waals surface area contributed by atoms with E-state index < -0.39 is 68.2 Å². The molecule has 0 aliphatic heterocycles. The molecule has 0 aliphatic carbocycles. The van der Waals surface area contributed by atoms with Gasteiger partial charge in [0.2, 0.25) is 11.9 Å². The summed E-state index contributed by atoms with van der Waals surface area (Å²) in [5.74, 6) is -1.83. The van der Waals surface area contributed by atoms with E-state index in [-0.39, 0.29) is 124 Å². The standard InChI is InChI=1S/C28H25FN8O10S3.CH4.3Na/c1-37(2,3)18-7-4-16(5-8-18)30-27-32-26(29)33-28(34-27)31-17-6-11-22(49(42,43)44)21(14-17)35-36-24-20-10-9-19(48(39,40)41)12-15(20)13-23(25(24)38)50(45,46)47;;;;/h4-14H,1-3H3,(H5-,30,31,32,33,34,35,38,39,40,41,42,43,44,45,46,47);1H4;;;/q;;3*+1/p-2. The molecule has 0 bridgehead atoms. The summed E-state index contributed by atoms with van der Waals surface area (Å²) < 4.78 is 121. The Labute approximate surface area is 376 Å². The molecule has 270 valence electrons. The van der Waals surface area contributed by atoms with E-state index in [9.17, 15) is 48.4 Å². The van der Waals surface area contributed by atoms with Gasteiger partial charge >= 0.3 is 94.8 Å². The molecule has 0 saturated heterocycles. The van der Waals surface area contributed by atoms with E-state index in [0.29, 0.717) is 16.2 Å². The van der Waals surface area contributed by atoms with Crippen LogP contribution in [-0.2, 0) is 30.4 Å². The zero-order chi connectivity index (χ0) is 36.8. The fraction of sp³-hybridized carbons (Fsp3) is 0.138. The molecule has 25 heteroatoms. The molecule has 0 radical (unpaired) electrons. The van der Waals surface area contributed by atoms with Crippen molar-refractivity contribution >= 4 is 81.5 Å². The van der Waals surface area contributed by atoms with Crippen molar-refractivity contribution in [2.24, 2.45) is 10.2 Å². The maximum Gasteiger partial charge on any atom is 1.00 e. The summed E-state index contributed by atoms with van der Waals surface area (Å²) in [6.45, 7) is 0. The summed E-state index contributed by atoms with van der Waals surface area (Å²) in [6.07, 6.45) is -1.20. The van der Waals surface area contributed by atoms with Gasteiger partial charge in [0.05, 0.1) is 35.8 Å². The van der Waals surface area contributed by atoms with Gasteiger partial charge in [0, 0.05) is 28.9 Å². The van der Waals surface area contributed by atoms with E-state index in [1.54, 1.807) is 12.1 Å². The van der Waals surface area contributed by atoms with Gasteiger partial charge in [0.25, 0.3) is 0 Å². The molecular formula is C29H27FN8Na3O10S3+. The Hall–Kier alpha value is -2.23. The number of benzene rings is 4. The van der Waals surface area contributed by atoms with Crippen LogP contribution in [0.15, 0.2) is 91.6 Å². The Balaban J connectivity index is 0.00000364. The van der Waals surface area contributed by atoms with Crippen LogP contribution in [0.5, 0.6) is 5.75 Å². The summed E-state index contributed by atoms with van der Waals surface area (Å²) in [4.78, 5) is 8.23. The fourth-order valence-electron chi connectivity index (χ4n) is 4.48. The summed E-state index contributed by atoms with van der Waals surface area (Å²) >= 11 is 0. The Kier molecular flexibility index (Phi) is 17.3. The molecule has 0 spiro atoms. The van der Waals surface area contributed by atoms with Gasteiger partial charge in [-0.05, 0) is 53.9 Å². The van der Waals surface area contributed by atoms with Crippen LogP contribution >= 0.6 is 0 Å². The predicted molar refractivity (Wildman–Crippen MR) is 179 cm³/mol. The van der Waals surface area contributed by atoms with Crippen LogP contribution in [0.2, 0.25) is 0 Å². The van der Waals surface area contributed by atoms with Gasteiger partial charge < -0.3 is 29.4 Å². The molecule has 0 aliphatic rings. The van der Waals surface area contributed by atoms with Gasteiger partial charge in [-0.15, -0.1) is 10.2 Å². The SMILES string of the molecule is C.C[N+](C)(C)c1ccc(Nc2nc(F)nc(Nc3ccc(S(=O)(=O)[O-])c(N=Nc4c(O)c(S(=O)(=O)[O-])cc5cc(S(=O)(=O)[O-])ccc45)c3)n2)cc1.[Na+].[Na+].[Na+]. The molecule has 5 aromatic rings. The van der Waals surface area contributed by atoms with Crippen molar-refractivity contribution in [2.75, 3.05) is 31.8 Å². The number of phenols is 1. The van der Waals surface area contributed by atoms with Crippen molar-refractivity contribution < 1.29 is 137 Å². The minimum absolute atomic E-state index is 0. The number of halogens is 1. The molecule has 18 nitrogen and oxygen atoms in total. The molecule has 0 atom stereocenters. The number of rotatable bonds is 10. The average molecular weight is 832 g/mol. The molecule has 0 unspecified atom stereocenters. The molecule has 0 amide bonds. The molecule has 0 fully saturated rings. The molecule has 1 heterocycles. The van der Waals surface area contributed by atoms with E-state index in [4.69, 9.17) is 0 Å². The summed E-state index contributed by atoms with van der Waals surface area (Å²) in [6, 6.07) is 13.1. The van der Waals surface area contributed by atoms with Crippen molar-refractivity contribution in [1.82, 2.24) is 19.4 Å². The quantitative estimate of drug-likeness (QED) is 0.0516. The number of nitrogens with one attached hydrogen (secondary N) is 2. The minimum atomic E-state index is -5.43. The average Bonchev–Trinajstić information content (AvgIpc) is 2.98. The third-order valence-corrected chi connectivity index (χ3v) is 9.39. The number of aromatic hydroxyl groups is 1. The second-order valence-electron chi connectivity index (χ2n) is 11.3. The number of aromatic nitrogens is 3. The number of hydrogen-bond donors (Lipinski definition) is 3. The number of nitrogens with zero attached hydrogens (tertiary/aromatic N) is 6.